The summed E-state index contributed by atoms with van der Waals surface area (Å²) >= 11 is 4.78. The number of hydroxylamine groups is 5. The molecule has 149 heavy (non-hydrogen) atoms. The monoisotopic (exact) mass is 2100 g/mol. The van der Waals surface area contributed by atoms with Crippen LogP contribution in [0, 0.1) is 6.92 Å². The number of rotatable bonds is 21. The molecule has 34 heteroatoms. The number of para-hydroxylation sites is 3. The van der Waals surface area contributed by atoms with Crippen LogP contribution in [0.4, 0.5) is 10.5 Å². The first-order chi connectivity index (χ1) is 70.5. The average molecular weight is 2110 g/mol. The number of piperidine rings is 1. The van der Waals surface area contributed by atoms with Crippen molar-refractivity contribution in [1.29, 1.82) is 0 Å². The van der Waals surface area contributed by atoms with Crippen molar-refractivity contribution in [2.45, 2.75) is 245 Å². The fourth-order valence-electron chi connectivity index (χ4n) is 15.4. The molecule has 4 aliphatic heterocycles. The topological polar surface area (TPSA) is 448 Å². The number of aliphatic imine (C=N–C) groups is 1. The largest absolute Gasteiger partial charge is 0.744 e. The Bertz CT molecular complexity index is 6760. The third-order valence-electron chi connectivity index (χ3n) is 23.4. The zero-order chi connectivity index (χ0) is 107. The van der Waals surface area contributed by atoms with E-state index in [-0.39, 0.29) is 51.5 Å². The number of hydrogen-bond acceptors (Lipinski definition) is 26. The summed E-state index contributed by atoms with van der Waals surface area (Å²) in [5.41, 5.74) is 12.5. The van der Waals surface area contributed by atoms with Crippen molar-refractivity contribution in [1.82, 2.24) is 51.2 Å². The van der Waals surface area contributed by atoms with Gasteiger partial charge < -0.3 is 45.6 Å². The third kappa shape index (κ3) is 39.1. The number of nitrogens with one attached hydrogen (secondary N) is 2. The highest BCUT2D eigenvalue weighted by molar-refractivity contribution is 7.99. The number of thiazole rings is 2. The second-order valence-corrected chi connectivity index (χ2v) is 39.8. The average Bonchev–Trinajstić information content (AvgIpc) is 1.77. The number of nitrogens with zero attached hydrogens (tertiary/aromatic N) is 11. The van der Waals surface area contributed by atoms with Crippen molar-refractivity contribution in [3.63, 3.8) is 0 Å². The number of aromatic hydroxyl groups is 3. The number of unbranched alkanes of at least 4 members (excludes halogenated alkanes) is 9. The number of aromatic nitrogens is 5. The number of barbiturate groups is 1. The Balaban J connectivity index is 0.000000255. The van der Waals surface area contributed by atoms with Gasteiger partial charge in [-0.1, -0.05) is 301 Å². The molecule has 7 heterocycles. The minimum Gasteiger partial charge on any atom is -0.744 e. The van der Waals surface area contributed by atoms with Crippen molar-refractivity contribution in [2.24, 2.45) is 15.2 Å². The van der Waals surface area contributed by atoms with Gasteiger partial charge in [0.05, 0.1) is 42.1 Å². The van der Waals surface area contributed by atoms with Gasteiger partial charge in [-0.15, -0.1) is 20.4 Å². The number of allylic oxidation sites excluding steroid dienone is 4. The van der Waals surface area contributed by atoms with Crippen LogP contribution in [0.2, 0.25) is 0 Å². The summed E-state index contributed by atoms with van der Waals surface area (Å²) in [5, 5.41) is 86.1. The Kier molecular flexibility index (Phi) is 52.6. The highest BCUT2D eigenvalue weighted by Crippen LogP contribution is 2.40. The van der Waals surface area contributed by atoms with Gasteiger partial charge in [-0.25, -0.2) is 13.2 Å². The Morgan fingerprint density at radius 1 is 0.523 bits per heavy atom. The van der Waals surface area contributed by atoms with Gasteiger partial charge in [0, 0.05) is 53.5 Å². The molecule has 11 aromatic carbocycles. The van der Waals surface area contributed by atoms with E-state index in [1.807, 2.05) is 125 Å². The highest BCUT2D eigenvalue weighted by atomic mass is 32.2. The molecular formula is C115H143N14O16S4-. The molecule has 0 saturated carbocycles. The maximum atomic E-state index is 11.3. The number of fused-ring (bicyclic) bond motifs is 6. The molecule has 0 bridgehead atoms. The lowest BCUT2D eigenvalue weighted by atomic mass is 9.82. The van der Waals surface area contributed by atoms with Crippen LogP contribution in [0.5, 0.6) is 17.2 Å². The Morgan fingerprint density at radius 3 is 1.43 bits per heavy atom. The smallest absolute Gasteiger partial charge is 0.328 e. The van der Waals surface area contributed by atoms with Gasteiger partial charge in [0.1, 0.15) is 38.4 Å². The minimum atomic E-state index is -4.50. The van der Waals surface area contributed by atoms with Crippen molar-refractivity contribution in [3.05, 3.63) is 340 Å². The first-order valence-corrected chi connectivity index (χ1v) is 53.0. The van der Waals surface area contributed by atoms with Gasteiger partial charge in [0.2, 0.25) is 15.5 Å². The number of aryl methyl sites for hydroxylation is 5. The zero-order valence-electron chi connectivity index (χ0n) is 86.4. The van der Waals surface area contributed by atoms with Crippen molar-refractivity contribution >= 4 is 123 Å². The number of imide groups is 3. The van der Waals surface area contributed by atoms with E-state index in [0.29, 0.717) is 55.1 Å². The summed E-state index contributed by atoms with van der Waals surface area (Å²) in [6, 6.07) is 81.0. The first-order valence-electron chi connectivity index (χ1n) is 49.1. The molecule has 0 unspecified atom stereocenters. The lowest BCUT2D eigenvalue weighted by Crippen LogP contribution is -2.56. The molecule has 794 valence electrons. The van der Waals surface area contributed by atoms with Gasteiger partial charge in [-0.3, -0.25) is 50.0 Å². The Labute approximate surface area is 886 Å². The summed E-state index contributed by atoms with van der Waals surface area (Å²) in [6.45, 7) is 25.9. The van der Waals surface area contributed by atoms with Crippen LogP contribution >= 0.6 is 34.4 Å². The highest BCUT2D eigenvalue weighted by Gasteiger charge is 2.41. The van der Waals surface area contributed by atoms with E-state index >= 15 is 0 Å². The Hall–Kier alpha value is -14.2. The number of anilines is 1. The quantitative estimate of drug-likeness (QED) is 0.00607. The van der Waals surface area contributed by atoms with Crippen LogP contribution in [0.3, 0.4) is 0 Å². The first kappa shape index (κ1) is 124. The van der Waals surface area contributed by atoms with E-state index in [1.54, 1.807) is 96.3 Å². The summed E-state index contributed by atoms with van der Waals surface area (Å²) in [5.74, 6) is -2.22. The maximum Gasteiger partial charge on any atom is 0.328 e. The van der Waals surface area contributed by atoms with Gasteiger partial charge in [-0.05, 0) is 267 Å². The van der Waals surface area contributed by atoms with E-state index in [2.05, 4.69) is 190 Å². The molecule has 0 atom stereocenters. The molecule has 3 aromatic heterocycles. The standard InChI is InChI=1S/C19H20N4O3S3.C18H34.C13H10S.C12H10O.C9H19NO.C8H5NO3.C8H9NO2.2C8H10O.C6H5N3O.C5H5N3O3.CH4.H3N/c1-4-22-14-8-6-12(3)10-16(14)27-18(22)20-21-19-23(5-2)15-9-7-13(29(24,25)26)11-17(15)28-19;1-3-5-7-9-11-13-15-17-18-16-14-12-10-8-6-4-2;1-3-7-12-10(5-1)9-11-6-2-4-8-13(11)14-12;13-12-9-5-4-8-11(12)10-6-2-1-3-7-10;1-8(2)6-5-7-9(3,4)10(8)11;10-7-5-3-1-2-4-6(5)8(11)9(7)12;1-7(10)9(11)8-5-3-2-4-6-8;2*1-2-7-3-5-8(9)6-4-7;10-9-6-4-2-1-3-5(6)7-8-9;1-6-2-3(9)7-5(11)8-4(2)10;;/h6-11H,4-5H2,1-3H3,(H,24,25,26);11,13,17-18H,3-10,12,14-16H2,1-2H3;1-8H,9H2;1-9,13H;11H,5-7H2,1-4H3;1-4,12H;2-6,11H,1H3;2*3-6,9H,2H2,1H3;1-4,10H;1H3,(H2,7,8,9,10,11);1H4;1H3/p-1/b20-18-,21-19+;13-11-,18-17-;;;;;;;;;;;. The number of hydrogen-bond donors (Lipinski definition) is 10. The van der Waals surface area contributed by atoms with Gasteiger partial charge >= 0.3 is 6.03 Å². The number of amides is 7. The SMILES string of the molecule is C.CC(=O)N(O)c1ccccc1.CC1(C)CCCC(C)(C)N1O.CCCCC/C=C\C/C=C\CCCCCCCC.CCc1ccc(O)cc1.CCc1ccc(O)cc1.CCn1/c(=N/N=c2/sc3cc(S(=O)(=O)[O-])ccc3n2CC)sc2cc(C)ccc21.CN=C1C(=O)NC(=O)NC1=O.N.O=C1c2ccccc2C(=O)N1O.Oc1ccccc1-c1ccccc1.On1nnc2ccccc21.c1ccc2c(c1)Cc1ccccc1S2. The number of carbonyl (C=O) groups is 6. The van der Waals surface area contributed by atoms with Crippen LogP contribution in [0.25, 0.3) is 42.6 Å². The molecule has 0 aliphatic carbocycles. The summed E-state index contributed by atoms with van der Waals surface area (Å²) in [6.07, 6.45) is 32.0. The van der Waals surface area contributed by atoms with Crippen molar-refractivity contribution < 1.29 is 77.9 Å². The van der Waals surface area contributed by atoms with Crippen LogP contribution < -0.4 is 31.5 Å². The van der Waals surface area contributed by atoms with Crippen molar-refractivity contribution in [3.8, 4) is 28.4 Å². The van der Waals surface area contributed by atoms with Crippen LogP contribution in [0.1, 0.15) is 228 Å². The second kappa shape index (κ2) is 63.5. The van der Waals surface area contributed by atoms with Gasteiger partial charge in [0.25, 0.3) is 23.6 Å². The molecule has 18 rings (SSSR count). The molecule has 7 amide bonds. The predicted octanol–water partition coefficient (Wildman–Crippen LogP) is 25.3. The maximum absolute atomic E-state index is 11.3. The summed E-state index contributed by atoms with van der Waals surface area (Å²) in [7, 11) is -3.20. The fraction of sp³-hybridized carbons (Fsp3) is 0.313. The molecule has 0 spiro atoms. The van der Waals surface area contributed by atoms with Crippen LogP contribution in [-0.4, -0.2) is 143 Å². The third-order valence-corrected chi connectivity index (χ3v) is 27.5. The predicted molar refractivity (Wildman–Crippen MR) is 595 cm³/mol. The van der Waals surface area contributed by atoms with Crippen LogP contribution in [0.15, 0.2) is 321 Å². The van der Waals surface area contributed by atoms with Crippen LogP contribution in [-0.2, 0) is 56.9 Å². The summed E-state index contributed by atoms with van der Waals surface area (Å²) in [4.78, 5) is 72.8. The molecule has 2 fully saturated rings. The number of phenols is 3. The molecule has 4 aliphatic rings. The summed E-state index contributed by atoms with van der Waals surface area (Å²) < 4.78 is 39.9. The minimum absolute atomic E-state index is 0. The zero-order valence-corrected chi connectivity index (χ0v) is 89.7. The van der Waals surface area contributed by atoms with E-state index in [9.17, 15) is 52.1 Å². The molecule has 30 nitrogen and oxygen atoms in total. The van der Waals surface area contributed by atoms with E-state index in [0.717, 1.165) is 81.6 Å². The number of benzene rings is 11. The molecule has 12 N–H and O–H groups in total. The van der Waals surface area contributed by atoms with E-state index < -0.39 is 45.7 Å². The molecule has 14 aromatic rings. The molecular weight excluding hydrogens is 1960 g/mol. The lowest BCUT2D eigenvalue weighted by molar-refractivity contribution is -0.241. The lowest BCUT2D eigenvalue weighted by Gasteiger charge is -2.48. The number of carbonyl (C=O) groups excluding carboxylic acids is 6. The van der Waals surface area contributed by atoms with E-state index in [1.165, 1.54) is 169 Å². The van der Waals surface area contributed by atoms with Gasteiger partial charge in [-0.2, -0.15) is 10.1 Å². The van der Waals surface area contributed by atoms with Crippen molar-refractivity contribution in [2.75, 3.05) is 12.1 Å². The Morgan fingerprint density at radius 2 is 0.960 bits per heavy atom. The number of phenolic OH excluding ortho intramolecular Hbond substituents is 3. The number of urea groups is 1. The van der Waals surface area contributed by atoms with E-state index in [4.69, 9.17) is 25.8 Å². The van der Waals surface area contributed by atoms with Gasteiger partial charge in [0.15, 0.2) is 5.71 Å². The molecule has 0 radical (unpaired) electrons. The normalized spacial score (nSPS) is 13.5. The fourth-order valence-corrected chi connectivity index (χ4v) is 19.2. The molecule has 2 saturated heterocycles. The second-order valence-electron chi connectivity index (χ2n) is 35.4.